The lowest BCUT2D eigenvalue weighted by Gasteiger charge is -2.04. The van der Waals surface area contributed by atoms with Gasteiger partial charge in [-0.1, -0.05) is 28.1 Å². The van der Waals surface area contributed by atoms with Gasteiger partial charge < -0.3 is 9.67 Å². The van der Waals surface area contributed by atoms with Gasteiger partial charge in [0, 0.05) is 23.0 Å². The van der Waals surface area contributed by atoms with Crippen molar-refractivity contribution in [3.05, 3.63) is 57.2 Å². The third-order valence-corrected chi connectivity index (χ3v) is 4.62. The number of benzene rings is 2. The summed E-state index contributed by atoms with van der Waals surface area (Å²) in [5.41, 5.74) is 4.84. The van der Waals surface area contributed by atoms with Crippen LogP contribution >= 0.6 is 31.9 Å². The lowest BCUT2D eigenvalue weighted by atomic mass is 10.2. The molecule has 0 saturated heterocycles. The van der Waals surface area contributed by atoms with E-state index < -0.39 is 0 Å². The van der Waals surface area contributed by atoms with E-state index in [9.17, 15) is 9.90 Å². The highest BCUT2D eigenvalue weighted by atomic mass is 79.9. The molecule has 0 bridgehead atoms. The van der Waals surface area contributed by atoms with E-state index in [0.29, 0.717) is 16.6 Å². The van der Waals surface area contributed by atoms with Gasteiger partial charge in [0.25, 0.3) is 0 Å². The van der Waals surface area contributed by atoms with Crippen LogP contribution in [0.15, 0.2) is 56.8 Å². The highest BCUT2D eigenvalue weighted by Gasteiger charge is 2.07. The minimum absolute atomic E-state index is 0.0612. The molecule has 0 fully saturated rings. The molecular weight excluding hydrogens is 452 g/mol. The number of halogens is 2. The summed E-state index contributed by atoms with van der Waals surface area (Å²) in [4.78, 5) is 16.2. The van der Waals surface area contributed by atoms with Crippen LogP contribution in [0.2, 0.25) is 0 Å². The van der Waals surface area contributed by atoms with Crippen LogP contribution in [-0.2, 0) is 11.3 Å². The van der Waals surface area contributed by atoms with Crippen molar-refractivity contribution in [2.45, 2.75) is 13.0 Å². The van der Waals surface area contributed by atoms with E-state index in [-0.39, 0.29) is 18.1 Å². The second-order valence-electron chi connectivity index (χ2n) is 5.30. The summed E-state index contributed by atoms with van der Waals surface area (Å²) in [6, 6.07) is 11.2. The van der Waals surface area contributed by atoms with E-state index in [0.717, 1.165) is 15.5 Å². The summed E-state index contributed by atoms with van der Waals surface area (Å²) in [5.74, 6) is -0.159. The molecule has 0 aliphatic heterocycles. The van der Waals surface area contributed by atoms with Gasteiger partial charge in [-0.3, -0.25) is 4.79 Å². The molecule has 0 spiro atoms. The number of fused-ring (bicyclic) bond motifs is 1. The van der Waals surface area contributed by atoms with Crippen LogP contribution in [0.25, 0.3) is 11.0 Å². The van der Waals surface area contributed by atoms with Crippen LogP contribution in [0, 0.1) is 0 Å². The van der Waals surface area contributed by atoms with Crippen molar-refractivity contribution >= 4 is 55.0 Å². The summed E-state index contributed by atoms with van der Waals surface area (Å²) < 4.78 is 3.26. The molecule has 1 heterocycles. The van der Waals surface area contributed by atoms with Crippen LogP contribution in [0.5, 0.6) is 5.75 Å². The Labute approximate surface area is 160 Å². The molecule has 1 aromatic heterocycles. The molecule has 128 valence electrons. The normalized spacial score (nSPS) is 11.3. The fraction of sp³-hybridized carbons (Fsp3) is 0.118. The number of carbonyl (C=O) groups excluding carboxylic acids is 1. The number of nitrogens with zero attached hydrogens (tertiary/aromatic N) is 3. The summed E-state index contributed by atoms with van der Waals surface area (Å²) in [6.07, 6.45) is 3.39. The summed E-state index contributed by atoms with van der Waals surface area (Å²) in [5, 5.41) is 13.8. The first-order valence-electron chi connectivity index (χ1n) is 7.44. The number of hydrogen-bond donors (Lipinski definition) is 2. The van der Waals surface area contributed by atoms with Crippen LogP contribution in [0.3, 0.4) is 0 Å². The molecule has 0 atom stereocenters. The highest BCUT2D eigenvalue weighted by Crippen LogP contribution is 2.30. The van der Waals surface area contributed by atoms with Gasteiger partial charge in [0.2, 0.25) is 5.91 Å². The summed E-state index contributed by atoms with van der Waals surface area (Å²) in [7, 11) is 0. The highest BCUT2D eigenvalue weighted by molar-refractivity contribution is 9.11. The van der Waals surface area contributed by atoms with Gasteiger partial charge in [0.15, 0.2) is 0 Å². The molecule has 0 saturated carbocycles. The zero-order valence-electron chi connectivity index (χ0n) is 13.0. The number of hydrogen-bond acceptors (Lipinski definition) is 4. The van der Waals surface area contributed by atoms with Crippen LogP contribution in [-0.4, -0.2) is 26.8 Å². The van der Waals surface area contributed by atoms with Crippen LogP contribution in [0.4, 0.5) is 0 Å². The number of imidazole rings is 1. The Hall–Kier alpha value is -2.19. The average molecular weight is 466 g/mol. The Morgan fingerprint density at radius 3 is 2.96 bits per heavy atom. The first kappa shape index (κ1) is 17.6. The van der Waals surface area contributed by atoms with Gasteiger partial charge in [-0.05, 0) is 40.2 Å². The van der Waals surface area contributed by atoms with Crippen LogP contribution < -0.4 is 5.43 Å². The fourth-order valence-electron chi connectivity index (χ4n) is 2.32. The number of amides is 1. The standard InChI is InChI=1S/C17H14Br2N4O2/c18-12-7-11(17(25)13(19)8-12)9-21-22-16(24)5-6-23-10-20-14-3-1-2-4-15(14)23/h1-4,7-10,25H,5-6H2,(H,22,24)/b21-9+. The van der Waals surface area contributed by atoms with E-state index in [1.165, 1.54) is 6.21 Å². The number of hydrazone groups is 1. The maximum absolute atomic E-state index is 11.9. The lowest BCUT2D eigenvalue weighted by molar-refractivity contribution is -0.121. The van der Waals surface area contributed by atoms with Crippen LogP contribution in [0.1, 0.15) is 12.0 Å². The second-order valence-corrected chi connectivity index (χ2v) is 7.07. The molecule has 0 radical (unpaired) electrons. The van der Waals surface area contributed by atoms with E-state index in [1.807, 2.05) is 28.8 Å². The van der Waals surface area contributed by atoms with E-state index in [1.54, 1.807) is 18.5 Å². The van der Waals surface area contributed by atoms with Crippen molar-refractivity contribution in [2.24, 2.45) is 5.10 Å². The summed E-state index contributed by atoms with van der Waals surface area (Å²) >= 11 is 6.58. The van der Waals surface area contributed by atoms with E-state index in [2.05, 4.69) is 47.4 Å². The minimum atomic E-state index is -0.220. The Morgan fingerprint density at radius 1 is 1.32 bits per heavy atom. The zero-order valence-corrected chi connectivity index (χ0v) is 16.2. The van der Waals surface area contributed by atoms with Gasteiger partial charge in [-0.25, -0.2) is 10.4 Å². The Bertz CT molecular complexity index is 953. The molecule has 3 rings (SSSR count). The predicted octanol–water partition coefficient (Wildman–Crippen LogP) is 3.81. The molecule has 0 aliphatic rings. The molecule has 1 amide bonds. The lowest BCUT2D eigenvalue weighted by Crippen LogP contribution is -2.19. The van der Waals surface area contributed by atoms with Gasteiger partial charge in [-0.2, -0.15) is 5.10 Å². The number of rotatable bonds is 5. The van der Waals surface area contributed by atoms with Gasteiger partial charge >= 0.3 is 0 Å². The van der Waals surface area contributed by atoms with Gasteiger partial charge in [0.1, 0.15) is 5.75 Å². The number of aromatic hydroxyl groups is 1. The SMILES string of the molecule is O=C(CCn1cnc2ccccc21)N/N=C/c1cc(Br)cc(Br)c1O. The van der Waals surface area contributed by atoms with Crippen molar-refractivity contribution in [3.8, 4) is 5.75 Å². The van der Waals surface area contributed by atoms with E-state index in [4.69, 9.17) is 0 Å². The monoisotopic (exact) mass is 464 g/mol. The molecule has 0 aliphatic carbocycles. The molecular formula is C17H14Br2N4O2. The van der Waals surface area contributed by atoms with Gasteiger partial charge in [-0.15, -0.1) is 0 Å². The quantitative estimate of drug-likeness (QED) is 0.444. The molecule has 2 N–H and O–H groups in total. The van der Waals surface area contributed by atoms with Gasteiger partial charge in [0.05, 0.1) is 28.0 Å². The Morgan fingerprint density at radius 2 is 2.12 bits per heavy atom. The van der Waals surface area contributed by atoms with E-state index >= 15 is 0 Å². The average Bonchev–Trinajstić information content (AvgIpc) is 3.00. The topological polar surface area (TPSA) is 79.5 Å². The number of para-hydroxylation sites is 2. The molecule has 2 aromatic carbocycles. The first-order valence-corrected chi connectivity index (χ1v) is 9.03. The maximum atomic E-state index is 11.9. The predicted molar refractivity (Wildman–Crippen MR) is 104 cm³/mol. The van der Waals surface area contributed by atoms with Crippen molar-refractivity contribution < 1.29 is 9.90 Å². The molecule has 3 aromatic rings. The largest absolute Gasteiger partial charge is 0.506 e. The third kappa shape index (κ3) is 4.26. The Balaban J connectivity index is 1.58. The molecule has 8 heteroatoms. The number of phenolic OH excluding ortho intramolecular Hbond substituents is 1. The van der Waals surface area contributed by atoms with Crippen molar-refractivity contribution in [2.75, 3.05) is 0 Å². The zero-order chi connectivity index (χ0) is 17.8. The number of carbonyl (C=O) groups is 1. The van der Waals surface area contributed by atoms with Crippen molar-refractivity contribution in [1.82, 2.24) is 15.0 Å². The minimum Gasteiger partial charge on any atom is -0.506 e. The van der Waals surface area contributed by atoms with Crippen molar-refractivity contribution in [1.29, 1.82) is 0 Å². The molecule has 25 heavy (non-hydrogen) atoms. The third-order valence-electron chi connectivity index (χ3n) is 3.56. The number of aromatic nitrogens is 2. The summed E-state index contributed by atoms with van der Waals surface area (Å²) in [6.45, 7) is 0.509. The maximum Gasteiger partial charge on any atom is 0.241 e. The smallest absolute Gasteiger partial charge is 0.241 e. The number of nitrogens with one attached hydrogen (secondary N) is 1. The number of phenols is 1. The molecule has 0 unspecified atom stereocenters. The van der Waals surface area contributed by atoms with Crippen molar-refractivity contribution in [3.63, 3.8) is 0 Å². The Kier molecular flexibility index (Phi) is 5.50. The number of aryl methyl sites for hydroxylation is 1. The second kappa shape index (κ2) is 7.79. The first-order chi connectivity index (χ1) is 12.0. The molecule has 6 nitrogen and oxygen atoms in total. The fourth-order valence-corrected chi connectivity index (χ4v) is 3.58.